The van der Waals surface area contributed by atoms with E-state index in [0.717, 1.165) is 201 Å². The van der Waals surface area contributed by atoms with E-state index in [1.165, 1.54) is 38.5 Å². The van der Waals surface area contributed by atoms with Gasteiger partial charge in [0.25, 0.3) is 17.7 Å². The molecular weight excluding hydrogens is 1410 g/mol. The SMILES string of the molecule is C=C1CC[C@@]2(O)[C@H]3Cc4ccc(C(N)=O)c(O)c4[C@@]2(CC[N+]3(C)CC2CC2)C1.CI.C[N+]1(CC2CC2)CC[C@]23CCCC[C@@]2(O)[C@H]1Cc1ccc(C(N)=O)c(O)c13.NC(=O)c1ccc2c(c1O)[C@@]13CCCC[C@@]1(O)[C@@H](C2)N(CC1CC1)CC3.[I-].[I-]. The van der Waals surface area contributed by atoms with Gasteiger partial charge >= 0.3 is 0 Å². The molecule has 15 rings (SSSR count). The van der Waals surface area contributed by atoms with E-state index >= 15 is 0 Å². The molecule has 6 saturated carbocycles. The van der Waals surface area contributed by atoms with Crippen molar-refractivity contribution in [2.45, 2.75) is 199 Å². The molecule has 6 bridgehead atoms. The third-order valence-electron chi connectivity index (χ3n) is 24.4. The Kier molecular flexibility index (Phi) is 18.0. The van der Waals surface area contributed by atoms with Crippen molar-refractivity contribution in [2.75, 3.05) is 58.3 Å². The van der Waals surface area contributed by atoms with Crippen molar-refractivity contribution in [3.05, 3.63) is 98.6 Å². The molecule has 9 fully saturated rings. The first kappa shape index (κ1) is 65.1. The second-order valence-electron chi connectivity index (χ2n) is 28.9. The number of aromatic hydroxyl groups is 3. The van der Waals surface area contributed by atoms with Crippen molar-refractivity contribution in [3.8, 4) is 17.2 Å². The number of benzene rings is 3. The molecule has 3 aromatic carbocycles. The first-order valence-electron chi connectivity index (χ1n) is 31.6. The fraction of sp³-hybridized carbons (Fsp3) is 0.657. The number of quaternary nitrogens is 2. The van der Waals surface area contributed by atoms with E-state index in [1.54, 1.807) is 18.2 Å². The summed E-state index contributed by atoms with van der Waals surface area (Å²) in [5, 5.41) is 69.5. The molecule has 3 aromatic rings. The highest BCUT2D eigenvalue weighted by atomic mass is 127. The van der Waals surface area contributed by atoms with Gasteiger partial charge in [0.05, 0.1) is 62.6 Å². The van der Waals surface area contributed by atoms with E-state index in [9.17, 15) is 45.0 Å². The number of rotatable bonds is 9. The van der Waals surface area contributed by atoms with Crippen LogP contribution in [0.25, 0.3) is 0 Å². The number of fused-ring (bicyclic) bond motifs is 3. The molecule has 466 valence electrons. The van der Waals surface area contributed by atoms with Gasteiger partial charge in [-0.15, -0.1) is 0 Å². The van der Waals surface area contributed by atoms with E-state index in [-0.39, 0.29) is 100 Å². The minimum atomic E-state index is -0.892. The van der Waals surface area contributed by atoms with Crippen LogP contribution in [-0.2, 0) is 35.5 Å². The van der Waals surface area contributed by atoms with Crippen molar-refractivity contribution >= 4 is 40.3 Å². The molecule has 3 heterocycles. The number of allylic oxidation sites excluding steroid dienone is 1. The number of halogens is 3. The van der Waals surface area contributed by atoms with Crippen LogP contribution in [0.2, 0.25) is 0 Å². The second-order valence-corrected chi connectivity index (χ2v) is 28.9. The third-order valence-corrected chi connectivity index (χ3v) is 24.4. The van der Waals surface area contributed by atoms with E-state index in [1.807, 2.05) is 23.1 Å². The van der Waals surface area contributed by atoms with Gasteiger partial charge in [0.15, 0.2) is 0 Å². The predicted octanol–water partition coefficient (Wildman–Crippen LogP) is 1.74. The van der Waals surface area contributed by atoms with Gasteiger partial charge in [-0.1, -0.05) is 78.6 Å². The van der Waals surface area contributed by atoms with Crippen molar-refractivity contribution in [2.24, 2.45) is 35.0 Å². The monoisotopic (exact) mass is 1510 g/mol. The molecule has 18 heteroatoms. The summed E-state index contributed by atoms with van der Waals surface area (Å²) in [6.07, 6.45) is 22.3. The number of carbonyl (C=O) groups is 3. The normalized spacial score (nSPS) is 36.8. The highest BCUT2D eigenvalue weighted by molar-refractivity contribution is 14.1. The molecule has 15 nitrogen and oxygen atoms in total. The fourth-order valence-corrected chi connectivity index (χ4v) is 20.0. The number of carbonyl (C=O) groups excluding carboxylic acids is 3. The highest BCUT2D eigenvalue weighted by Gasteiger charge is 2.71. The molecule has 12 N–H and O–H groups in total. The summed E-state index contributed by atoms with van der Waals surface area (Å²) in [6, 6.07) is 11.2. The minimum absolute atomic E-state index is 0. The molecular formula is C67H93I3N6O9. The average Bonchev–Trinajstić information content (AvgIpc) is 1.38. The van der Waals surface area contributed by atoms with E-state index < -0.39 is 50.8 Å². The number of likely N-dealkylation sites (N-methyl/N-ethyl adjacent to an activating group) is 2. The van der Waals surface area contributed by atoms with Gasteiger partial charge in [-0.25, -0.2) is 0 Å². The second kappa shape index (κ2) is 23.4. The number of primary amides is 3. The Morgan fingerprint density at radius 3 is 1.39 bits per heavy atom. The summed E-state index contributed by atoms with van der Waals surface area (Å²) in [4.78, 5) is 40.0. The molecule has 2 unspecified atom stereocenters. The summed E-state index contributed by atoms with van der Waals surface area (Å²) >= 11 is 2.15. The number of phenols is 3. The number of nitrogens with two attached hydrogens (primary N) is 3. The fourth-order valence-electron chi connectivity index (χ4n) is 20.0. The highest BCUT2D eigenvalue weighted by Crippen LogP contribution is 2.65. The standard InChI is InChI=1S/C23H30N2O3.C22H30N2O3.C21H28N2O3.CH3I.2HI/c1-14-7-8-23(28)18-11-16-5-6-17(21(24)27)20(26)19(16)22(23,12-14)9-10-25(18,2)13-15-3-4-15;1-24(13-14-4-5-14)11-10-21-8-2-3-9-22(21,27)17(24)12-15-6-7-16(20(23)26)19(25)18(15)21;22-19(25)15-6-5-14-11-16-21(26)8-2-1-7-20(21,17(14)18(15)24)9-10-23(16)12-13-3-4-13;1-2;;/h5-6,15,18,28H,1,3-4,7-13H2,2H3,(H2-,24,26,27);6-7,14,17,27H,2-5,8-13H2,1H3,(H2-,23,25,26);5-6,13,16,24,26H,1-4,7-12H2,(H2,22,25);1H3;2*1H/t18-,22-,23-,25?;17-,21+,22-,24?;16-,20+,21-;;;/m111.../s1. The van der Waals surface area contributed by atoms with Gasteiger partial charge in [-0.3, -0.25) is 19.3 Å². The number of nitrogens with zero attached hydrogens (tertiary/aromatic N) is 3. The van der Waals surface area contributed by atoms with Crippen LogP contribution in [-0.4, -0.2) is 155 Å². The Hall–Kier alpha value is -2.84. The molecule has 3 amide bonds. The number of aliphatic hydroxyl groups is 3. The molecule has 0 radical (unpaired) electrons. The Labute approximate surface area is 550 Å². The van der Waals surface area contributed by atoms with Crippen LogP contribution >= 0.6 is 22.6 Å². The first-order valence-corrected chi connectivity index (χ1v) is 33.7. The zero-order valence-electron chi connectivity index (χ0n) is 50.3. The molecule has 3 saturated heterocycles. The number of hydrogen-bond acceptors (Lipinski definition) is 10. The Balaban J connectivity index is 0.000000138. The quantitative estimate of drug-likeness (QED) is 0.0650. The molecule has 0 aromatic heterocycles. The number of hydrogen-bond donors (Lipinski definition) is 9. The van der Waals surface area contributed by atoms with Gasteiger partial charge in [-0.2, -0.15) is 0 Å². The van der Waals surface area contributed by atoms with Crippen molar-refractivity contribution in [1.82, 2.24) is 4.90 Å². The molecule has 9 aliphatic carbocycles. The smallest absolute Gasteiger partial charge is 0.252 e. The van der Waals surface area contributed by atoms with E-state index in [2.05, 4.69) is 48.2 Å². The lowest BCUT2D eigenvalue weighted by Gasteiger charge is -2.65. The van der Waals surface area contributed by atoms with Gasteiger partial charge in [-0.05, 0) is 149 Å². The number of piperidine rings is 3. The summed E-state index contributed by atoms with van der Waals surface area (Å²) in [5.74, 6) is 0.585. The van der Waals surface area contributed by atoms with Crippen LogP contribution in [0.1, 0.15) is 193 Å². The Morgan fingerprint density at radius 2 is 0.941 bits per heavy atom. The summed E-state index contributed by atoms with van der Waals surface area (Å²) < 4.78 is 1.86. The zero-order chi connectivity index (χ0) is 59.0. The maximum atomic E-state index is 12.3. The lowest BCUT2D eigenvalue weighted by Crippen LogP contribution is -3.00. The minimum Gasteiger partial charge on any atom is -1.00 e. The molecule has 11 atom stereocenters. The maximum Gasteiger partial charge on any atom is 0.252 e. The zero-order valence-corrected chi connectivity index (χ0v) is 56.7. The van der Waals surface area contributed by atoms with Crippen LogP contribution in [0.4, 0.5) is 0 Å². The number of likely N-dealkylation sites (tertiary alicyclic amines) is 3. The lowest BCUT2D eigenvalue weighted by atomic mass is 9.48. The van der Waals surface area contributed by atoms with Crippen LogP contribution in [0.3, 0.4) is 0 Å². The number of alkyl halides is 1. The molecule has 12 aliphatic rings. The van der Waals surface area contributed by atoms with Crippen molar-refractivity contribution in [3.63, 3.8) is 0 Å². The topological polar surface area (TPSA) is 254 Å². The Bertz CT molecular complexity index is 3160. The largest absolute Gasteiger partial charge is 1.00 e. The van der Waals surface area contributed by atoms with E-state index in [0.29, 0.717) is 12.8 Å². The van der Waals surface area contributed by atoms with Crippen LogP contribution in [0.5, 0.6) is 17.2 Å². The summed E-state index contributed by atoms with van der Waals surface area (Å²) in [6.45, 7) is 10.6. The summed E-state index contributed by atoms with van der Waals surface area (Å²) in [5.41, 5.74) is 19.9. The Morgan fingerprint density at radius 1 is 0.553 bits per heavy atom. The van der Waals surface area contributed by atoms with Crippen molar-refractivity contribution < 1.29 is 102 Å². The van der Waals surface area contributed by atoms with Gasteiger partial charge in [0.2, 0.25) is 0 Å². The lowest BCUT2D eigenvalue weighted by molar-refractivity contribution is -0.950. The summed E-state index contributed by atoms with van der Waals surface area (Å²) in [7, 11) is 4.65. The molecule has 3 aliphatic heterocycles. The first-order chi connectivity index (χ1) is 39.5. The van der Waals surface area contributed by atoms with Gasteiger partial charge in [0, 0.05) is 83.0 Å². The van der Waals surface area contributed by atoms with Crippen LogP contribution < -0.4 is 65.2 Å². The van der Waals surface area contributed by atoms with Crippen molar-refractivity contribution in [1.29, 1.82) is 0 Å². The van der Waals surface area contributed by atoms with Crippen LogP contribution in [0, 0.1) is 17.8 Å². The van der Waals surface area contributed by atoms with E-state index in [4.69, 9.17) is 17.2 Å². The molecule has 0 spiro atoms. The van der Waals surface area contributed by atoms with Crippen LogP contribution in [0.15, 0.2) is 48.6 Å². The maximum absolute atomic E-state index is 12.3. The number of amides is 3. The average molecular weight is 1510 g/mol. The van der Waals surface area contributed by atoms with Gasteiger partial charge in [0.1, 0.15) is 40.5 Å². The molecule has 85 heavy (non-hydrogen) atoms. The predicted molar refractivity (Wildman–Crippen MR) is 328 cm³/mol. The third kappa shape index (κ3) is 10.2. The van der Waals surface area contributed by atoms with Gasteiger partial charge < -0.3 is 105 Å².